The van der Waals surface area contributed by atoms with E-state index in [0.717, 1.165) is 51.1 Å². The van der Waals surface area contributed by atoms with Gasteiger partial charge in [-0.2, -0.15) is 0 Å². The first kappa shape index (κ1) is 49.1. The molecule has 1 aromatic heterocycles. The molecule has 338 valence electrons. The summed E-state index contributed by atoms with van der Waals surface area (Å²) in [5, 5.41) is 41.0. The first-order valence-electron chi connectivity index (χ1n) is 19.6. The number of carboxylic acid groups (broad SMARTS) is 2. The normalized spacial score (nSPS) is 11.3. The highest BCUT2D eigenvalue weighted by Gasteiger charge is 2.36. The number of phenols is 2. The number of aryl methyl sites for hydroxylation is 1. The van der Waals surface area contributed by atoms with Crippen LogP contribution >= 0.6 is 12.4 Å². The Morgan fingerprint density at radius 1 is 0.766 bits per heavy atom. The fourth-order valence-electron chi connectivity index (χ4n) is 6.64. The molecular formula is C46H46ClNO16. The number of phenolic OH excluding ortho intramolecular Hbond substituents is 1. The Hall–Kier alpha value is -7.53. The number of carboxylic acids is 2. The van der Waals surface area contributed by atoms with Crippen LogP contribution in [0.5, 0.6) is 51.7 Å². The van der Waals surface area contributed by atoms with Crippen LogP contribution in [-0.4, -0.2) is 82.0 Å². The second kappa shape index (κ2) is 22.0. The number of aromatic hydroxyl groups is 2. The number of rotatable bonds is 16. The van der Waals surface area contributed by atoms with Crippen LogP contribution in [0.3, 0.4) is 0 Å². The maximum atomic E-state index is 12.9. The second-order valence-corrected chi connectivity index (χ2v) is 13.5. The molecule has 4 N–H and O–H groups in total. The first-order chi connectivity index (χ1) is 30.2. The van der Waals surface area contributed by atoms with Gasteiger partial charge in [0.1, 0.15) is 29.2 Å². The van der Waals surface area contributed by atoms with E-state index in [-0.39, 0.29) is 41.1 Å². The van der Waals surface area contributed by atoms with E-state index in [1.54, 1.807) is 0 Å². The lowest BCUT2D eigenvalue weighted by Gasteiger charge is -2.18. The summed E-state index contributed by atoms with van der Waals surface area (Å²) in [6, 6.07) is 13.3. The lowest BCUT2D eigenvalue weighted by molar-refractivity contribution is -0.139. The summed E-state index contributed by atoms with van der Waals surface area (Å²) in [4.78, 5) is 63.3. The van der Waals surface area contributed by atoms with Gasteiger partial charge in [0.05, 0.1) is 43.2 Å². The van der Waals surface area contributed by atoms with E-state index in [1.807, 2.05) is 64.2 Å². The lowest BCUT2D eigenvalue weighted by atomic mass is 10.0. The number of aliphatic carboxylic acids is 1. The Kier molecular flexibility index (Phi) is 16.9. The molecule has 1 aliphatic rings. The summed E-state index contributed by atoms with van der Waals surface area (Å²) >= 11 is 0. The lowest BCUT2D eigenvalue weighted by Crippen LogP contribution is -2.13. The van der Waals surface area contributed by atoms with E-state index in [2.05, 4.69) is 11.1 Å². The zero-order valence-corrected chi connectivity index (χ0v) is 36.5. The number of carbonyl (C=O) groups excluding carboxylic acids is 3. The molecule has 0 bridgehead atoms. The summed E-state index contributed by atoms with van der Waals surface area (Å²) in [5.41, 5.74) is 0.297. The summed E-state index contributed by atoms with van der Waals surface area (Å²) in [5.74, 6) is -4.87. The van der Waals surface area contributed by atoms with Crippen molar-refractivity contribution in [3.63, 3.8) is 0 Å². The SMILES string of the molecule is CCOc1ccc(Cc2nccc3cc(OCC)c(OCC)cc23)cc1OCC.Cc1cc(O)c(C=O)c2c1C(=O)Oc1c(COC(=O)C=CC(=O)O)c(O)c(C(=O)O)c(C)c1O2.Cl. The molecule has 6 rings (SSSR count). The Morgan fingerprint density at radius 3 is 2.00 bits per heavy atom. The molecule has 0 spiro atoms. The van der Waals surface area contributed by atoms with Gasteiger partial charge in [-0.05, 0) is 94.5 Å². The monoisotopic (exact) mass is 903 g/mol. The number of hydrogen-bond acceptors (Lipinski definition) is 15. The summed E-state index contributed by atoms with van der Waals surface area (Å²) in [7, 11) is 0. The van der Waals surface area contributed by atoms with Crippen LogP contribution in [0.25, 0.3) is 10.8 Å². The maximum Gasteiger partial charge on any atom is 0.347 e. The summed E-state index contributed by atoms with van der Waals surface area (Å²) in [6.07, 6.45) is 3.83. The number of pyridine rings is 1. The third-order valence-corrected chi connectivity index (χ3v) is 9.36. The number of fused-ring (bicyclic) bond motifs is 3. The molecule has 0 saturated heterocycles. The van der Waals surface area contributed by atoms with Gasteiger partial charge < -0.3 is 53.6 Å². The van der Waals surface area contributed by atoms with Crippen LogP contribution in [0.4, 0.5) is 0 Å². The van der Waals surface area contributed by atoms with Crippen LogP contribution in [0, 0.1) is 13.8 Å². The number of halogens is 1. The average Bonchev–Trinajstić information content (AvgIpc) is 3.38. The zero-order valence-electron chi connectivity index (χ0n) is 35.6. The average molecular weight is 904 g/mol. The predicted octanol–water partition coefficient (Wildman–Crippen LogP) is 8.08. The minimum Gasteiger partial charge on any atom is -0.507 e. The molecule has 4 aromatic carbocycles. The Morgan fingerprint density at radius 2 is 1.39 bits per heavy atom. The van der Waals surface area contributed by atoms with Crippen molar-refractivity contribution in [2.24, 2.45) is 0 Å². The molecule has 0 fully saturated rings. The predicted molar refractivity (Wildman–Crippen MR) is 233 cm³/mol. The van der Waals surface area contributed by atoms with Crippen molar-refractivity contribution >= 4 is 53.3 Å². The highest BCUT2D eigenvalue weighted by molar-refractivity contribution is 6.03. The fraction of sp³-hybridized carbons (Fsp3) is 0.261. The molecule has 0 amide bonds. The number of nitrogens with zero attached hydrogens (tertiary/aromatic N) is 1. The second-order valence-electron chi connectivity index (χ2n) is 13.5. The number of ether oxygens (including phenoxy) is 7. The van der Waals surface area contributed by atoms with Crippen molar-refractivity contribution < 1.29 is 77.6 Å². The van der Waals surface area contributed by atoms with Gasteiger partial charge in [0.2, 0.25) is 0 Å². The first-order valence-corrected chi connectivity index (χ1v) is 19.6. The Labute approximate surface area is 373 Å². The number of aromatic carboxylic acids is 1. The van der Waals surface area contributed by atoms with Gasteiger partial charge in [-0.25, -0.2) is 19.2 Å². The van der Waals surface area contributed by atoms with Crippen molar-refractivity contribution in [3.8, 4) is 51.7 Å². The highest BCUT2D eigenvalue weighted by atomic mass is 35.5. The number of aldehydes is 1. The minimum absolute atomic E-state index is 0. The minimum atomic E-state index is -1.60. The van der Waals surface area contributed by atoms with Crippen LogP contribution in [0.2, 0.25) is 0 Å². The highest BCUT2D eigenvalue weighted by Crippen LogP contribution is 2.50. The van der Waals surface area contributed by atoms with E-state index in [0.29, 0.717) is 45.0 Å². The summed E-state index contributed by atoms with van der Waals surface area (Å²) in [6.45, 7) is 12.1. The van der Waals surface area contributed by atoms with Gasteiger partial charge in [-0.1, -0.05) is 6.07 Å². The zero-order chi connectivity index (χ0) is 46.0. The molecular weight excluding hydrogens is 858 g/mol. The third kappa shape index (κ3) is 10.9. The van der Waals surface area contributed by atoms with Crippen LogP contribution in [0.15, 0.2) is 60.8 Å². The number of esters is 2. The van der Waals surface area contributed by atoms with Gasteiger partial charge in [-0.3, -0.25) is 9.78 Å². The van der Waals surface area contributed by atoms with E-state index in [9.17, 15) is 39.3 Å². The van der Waals surface area contributed by atoms with Crippen molar-refractivity contribution in [1.82, 2.24) is 4.98 Å². The maximum absolute atomic E-state index is 12.9. The van der Waals surface area contributed by atoms with E-state index in [4.69, 9.17) is 38.3 Å². The van der Waals surface area contributed by atoms with E-state index < -0.39 is 70.2 Å². The number of carbonyl (C=O) groups is 5. The smallest absolute Gasteiger partial charge is 0.347 e. The van der Waals surface area contributed by atoms with Crippen molar-refractivity contribution in [2.45, 2.75) is 54.6 Å². The third-order valence-electron chi connectivity index (χ3n) is 9.36. The molecule has 5 aromatic rings. The topological polar surface area (TPSA) is 244 Å². The molecule has 0 unspecified atom stereocenters. The Bertz CT molecular complexity index is 2620. The Balaban J connectivity index is 0.000000279. The van der Waals surface area contributed by atoms with E-state index in [1.165, 1.54) is 13.8 Å². The summed E-state index contributed by atoms with van der Waals surface area (Å²) < 4.78 is 38.9. The molecule has 0 radical (unpaired) electrons. The molecule has 18 heteroatoms. The molecule has 0 aliphatic carbocycles. The van der Waals surface area contributed by atoms with Crippen molar-refractivity contribution in [1.29, 1.82) is 0 Å². The number of aromatic nitrogens is 1. The molecule has 64 heavy (non-hydrogen) atoms. The van der Waals surface area contributed by atoms with E-state index >= 15 is 0 Å². The number of benzene rings is 4. The molecule has 0 atom stereocenters. The van der Waals surface area contributed by atoms with Gasteiger partial charge in [0, 0.05) is 35.7 Å². The standard InChI is InChI=1S/C24H29NO4.C22H16O12.ClH/c1-5-26-21-10-9-17(14-22(21)27-6-2)13-20-19-16-24(29-8-4)23(28-7-3)15-18(19)11-12-25-20;1-8-5-12(24)10(6-23)19-15(8)22(31)34-20-11(7-32-14(27)4-3-13(25)26)17(28)16(21(29)30)9(2)18(20)33-19;/h9-12,14-16H,5-8,13H2,1-4H3;3-6,24,28H,7H2,1-2H3,(H,25,26)(H,29,30);1H. The molecule has 17 nitrogen and oxygen atoms in total. The van der Waals surface area contributed by atoms with Crippen LogP contribution < -0.4 is 28.4 Å². The molecule has 0 saturated carbocycles. The van der Waals surface area contributed by atoms with Gasteiger partial charge in [-0.15, -0.1) is 12.4 Å². The quantitative estimate of drug-likeness (QED) is 0.0316. The molecule has 1 aliphatic heterocycles. The van der Waals surface area contributed by atoms with Crippen molar-refractivity contribution in [3.05, 3.63) is 105 Å². The molecule has 2 heterocycles. The van der Waals surface area contributed by atoms with Gasteiger partial charge in [0.25, 0.3) is 0 Å². The number of hydrogen-bond donors (Lipinski definition) is 4. The van der Waals surface area contributed by atoms with Gasteiger partial charge >= 0.3 is 23.9 Å². The van der Waals surface area contributed by atoms with Crippen LogP contribution in [0.1, 0.15) is 86.7 Å². The van der Waals surface area contributed by atoms with Crippen LogP contribution in [-0.2, 0) is 27.4 Å². The fourth-order valence-corrected chi connectivity index (χ4v) is 6.64. The van der Waals surface area contributed by atoms with Crippen molar-refractivity contribution in [2.75, 3.05) is 26.4 Å². The largest absolute Gasteiger partial charge is 0.507 e. The van der Waals surface area contributed by atoms with Gasteiger partial charge in [0.15, 0.2) is 46.5 Å².